The van der Waals surface area contributed by atoms with Crippen molar-refractivity contribution < 1.29 is 19.3 Å². The average Bonchev–Trinajstić information content (AvgIpc) is 2.75. The Morgan fingerprint density at radius 2 is 1.58 bits per heavy atom. The van der Waals surface area contributed by atoms with Gasteiger partial charge >= 0.3 is 5.97 Å². The number of nitro groups is 1. The molecule has 0 aliphatic heterocycles. The minimum absolute atomic E-state index is 0.157. The molecule has 0 radical (unpaired) electrons. The second-order valence-corrected chi connectivity index (χ2v) is 7.65. The first kappa shape index (κ1) is 21.9. The molecule has 0 bridgehead atoms. The first-order valence-corrected chi connectivity index (χ1v) is 10.1. The van der Waals surface area contributed by atoms with E-state index in [2.05, 4.69) is 5.16 Å². The molecule has 3 aromatic rings. The van der Waals surface area contributed by atoms with Crippen molar-refractivity contribution in [2.75, 3.05) is 0 Å². The number of oxime groups is 1. The van der Waals surface area contributed by atoms with Gasteiger partial charge in [0.05, 0.1) is 4.92 Å². The van der Waals surface area contributed by atoms with Gasteiger partial charge < -0.3 is 4.84 Å². The van der Waals surface area contributed by atoms with Gasteiger partial charge in [-0.2, -0.15) is 0 Å². The number of hydrogen-bond acceptors (Lipinski definition) is 7. The molecule has 8 heteroatoms. The van der Waals surface area contributed by atoms with E-state index in [9.17, 15) is 19.7 Å². The molecule has 0 aliphatic carbocycles. The molecule has 0 N–H and O–H groups in total. The number of Topliss-reactive ketones (excluding diaryl/α,β-unsaturated/α-hetero) is 1. The summed E-state index contributed by atoms with van der Waals surface area (Å²) in [6.45, 7) is 2.67. The summed E-state index contributed by atoms with van der Waals surface area (Å²) < 4.78 is 0. The zero-order chi connectivity index (χ0) is 22.4. The van der Waals surface area contributed by atoms with E-state index in [4.69, 9.17) is 4.84 Å². The smallest absolute Gasteiger partial charge is 0.318 e. The highest BCUT2D eigenvalue weighted by Crippen LogP contribution is 2.28. The Bertz CT molecular complexity index is 1160. The van der Waals surface area contributed by atoms with Crippen molar-refractivity contribution >= 4 is 34.9 Å². The molecule has 0 fully saturated rings. The lowest BCUT2D eigenvalue weighted by Gasteiger charge is -2.09. The van der Waals surface area contributed by atoms with Gasteiger partial charge in [0.25, 0.3) is 5.69 Å². The maximum Gasteiger partial charge on any atom is 0.332 e. The third-order valence-corrected chi connectivity index (χ3v) is 5.35. The van der Waals surface area contributed by atoms with Gasteiger partial charge in [0, 0.05) is 39.5 Å². The SMILES string of the molecule is CC(=O)ON=C(C(=O)c1ccc(Sc2ccccc2)cc1)c1cccc([N+](=O)[O-])c1C. The predicted octanol–water partition coefficient (Wildman–Crippen LogP) is 5.20. The molecule has 0 unspecified atom stereocenters. The summed E-state index contributed by atoms with van der Waals surface area (Å²) in [5.41, 5.74) is 0.454. The van der Waals surface area contributed by atoms with Crippen LogP contribution in [0, 0.1) is 17.0 Å². The maximum atomic E-state index is 13.2. The Morgan fingerprint density at radius 3 is 2.19 bits per heavy atom. The predicted molar refractivity (Wildman–Crippen MR) is 117 cm³/mol. The first-order valence-electron chi connectivity index (χ1n) is 9.24. The van der Waals surface area contributed by atoms with Crippen LogP contribution in [-0.2, 0) is 9.63 Å². The number of nitro benzene ring substituents is 1. The molecule has 0 heterocycles. The minimum atomic E-state index is -0.706. The maximum absolute atomic E-state index is 13.2. The average molecular weight is 434 g/mol. The molecule has 0 aromatic heterocycles. The Hall–Kier alpha value is -3.78. The molecular weight excluding hydrogens is 416 g/mol. The number of rotatable bonds is 7. The van der Waals surface area contributed by atoms with Crippen LogP contribution in [0.2, 0.25) is 0 Å². The van der Waals surface area contributed by atoms with Gasteiger partial charge in [-0.25, -0.2) is 4.79 Å². The molecule has 0 saturated heterocycles. The van der Waals surface area contributed by atoms with E-state index in [-0.39, 0.29) is 22.5 Å². The summed E-state index contributed by atoms with van der Waals surface area (Å²) in [5.74, 6) is -1.22. The van der Waals surface area contributed by atoms with E-state index in [0.717, 1.165) is 16.7 Å². The molecule has 0 spiro atoms. The second-order valence-electron chi connectivity index (χ2n) is 6.50. The number of carbonyl (C=O) groups is 2. The van der Waals surface area contributed by atoms with E-state index >= 15 is 0 Å². The van der Waals surface area contributed by atoms with Crippen LogP contribution in [-0.4, -0.2) is 22.4 Å². The molecule has 0 amide bonds. The van der Waals surface area contributed by atoms with Gasteiger partial charge in [-0.3, -0.25) is 14.9 Å². The molecule has 0 aliphatic rings. The zero-order valence-electron chi connectivity index (χ0n) is 16.8. The number of benzene rings is 3. The Balaban J connectivity index is 1.94. The van der Waals surface area contributed by atoms with Crippen LogP contribution in [0.1, 0.15) is 28.4 Å². The van der Waals surface area contributed by atoms with Crippen LogP contribution in [0.25, 0.3) is 0 Å². The van der Waals surface area contributed by atoms with E-state index in [0.29, 0.717) is 5.56 Å². The van der Waals surface area contributed by atoms with E-state index in [1.165, 1.54) is 25.1 Å². The van der Waals surface area contributed by atoms with Gasteiger partial charge in [0.2, 0.25) is 5.78 Å². The minimum Gasteiger partial charge on any atom is -0.318 e. The molecule has 7 nitrogen and oxygen atoms in total. The second kappa shape index (κ2) is 9.82. The van der Waals surface area contributed by atoms with E-state index in [1.54, 1.807) is 36.0 Å². The van der Waals surface area contributed by atoms with Crippen molar-refractivity contribution in [1.82, 2.24) is 0 Å². The first-order chi connectivity index (χ1) is 14.9. The fourth-order valence-corrected chi connectivity index (χ4v) is 3.67. The van der Waals surface area contributed by atoms with Gasteiger partial charge in [-0.15, -0.1) is 0 Å². The number of hydrogen-bond donors (Lipinski definition) is 0. The van der Waals surface area contributed by atoms with Gasteiger partial charge in [0.15, 0.2) is 5.71 Å². The summed E-state index contributed by atoms with van der Waals surface area (Å²) in [4.78, 5) is 41.9. The molecule has 156 valence electrons. The van der Waals surface area contributed by atoms with Crippen molar-refractivity contribution in [2.45, 2.75) is 23.6 Å². The lowest BCUT2D eigenvalue weighted by molar-refractivity contribution is -0.385. The van der Waals surface area contributed by atoms with Crippen molar-refractivity contribution in [3.63, 3.8) is 0 Å². The molecule has 0 atom stereocenters. The third-order valence-electron chi connectivity index (χ3n) is 4.33. The monoisotopic (exact) mass is 434 g/mol. The molecule has 0 saturated carbocycles. The van der Waals surface area contributed by atoms with Crippen molar-refractivity contribution in [2.24, 2.45) is 5.16 Å². The fraction of sp³-hybridized carbons (Fsp3) is 0.0870. The highest BCUT2D eigenvalue weighted by molar-refractivity contribution is 7.99. The third kappa shape index (κ3) is 5.43. The quantitative estimate of drug-likeness (QED) is 0.167. The van der Waals surface area contributed by atoms with Crippen LogP contribution in [0.3, 0.4) is 0 Å². The van der Waals surface area contributed by atoms with Crippen LogP contribution in [0.4, 0.5) is 5.69 Å². The number of carbonyl (C=O) groups excluding carboxylic acids is 2. The van der Waals surface area contributed by atoms with Crippen LogP contribution in [0.5, 0.6) is 0 Å². The summed E-state index contributed by atoms with van der Waals surface area (Å²) in [7, 11) is 0. The van der Waals surface area contributed by atoms with Gasteiger partial charge in [-0.1, -0.05) is 47.2 Å². The number of ketones is 1. The van der Waals surface area contributed by atoms with Gasteiger partial charge in [-0.05, 0) is 43.3 Å². The van der Waals surface area contributed by atoms with E-state index in [1.807, 2.05) is 30.3 Å². The highest BCUT2D eigenvalue weighted by atomic mass is 32.2. The zero-order valence-corrected chi connectivity index (χ0v) is 17.6. The topological polar surface area (TPSA) is 98.9 Å². The summed E-state index contributed by atoms with van der Waals surface area (Å²) in [6.07, 6.45) is 0. The molecular formula is C23H18N2O5S. The molecule has 3 rings (SSSR count). The van der Waals surface area contributed by atoms with Crippen molar-refractivity contribution in [1.29, 1.82) is 0 Å². The lowest BCUT2D eigenvalue weighted by atomic mass is 9.96. The standard InChI is InChI=1S/C23H18N2O5S/c1-15-20(9-6-10-21(15)25(28)29)22(24-30-16(2)26)23(27)17-11-13-19(14-12-17)31-18-7-4-3-5-8-18/h3-14H,1-2H3. The summed E-state index contributed by atoms with van der Waals surface area (Å²) >= 11 is 1.55. The summed E-state index contributed by atoms with van der Waals surface area (Å²) in [5, 5.41) is 15.0. The van der Waals surface area contributed by atoms with Crippen molar-refractivity contribution in [3.8, 4) is 0 Å². The summed E-state index contributed by atoms with van der Waals surface area (Å²) in [6, 6.07) is 21.0. The van der Waals surface area contributed by atoms with Gasteiger partial charge in [0.1, 0.15) is 0 Å². The van der Waals surface area contributed by atoms with Crippen LogP contribution in [0.15, 0.2) is 87.7 Å². The van der Waals surface area contributed by atoms with Crippen LogP contribution >= 0.6 is 11.8 Å². The molecule has 31 heavy (non-hydrogen) atoms. The fourth-order valence-electron chi connectivity index (χ4n) is 2.84. The number of nitrogens with zero attached hydrogens (tertiary/aromatic N) is 2. The Labute approximate surface area is 182 Å². The normalized spacial score (nSPS) is 11.1. The van der Waals surface area contributed by atoms with Crippen molar-refractivity contribution in [3.05, 3.63) is 99.6 Å². The van der Waals surface area contributed by atoms with Crippen LogP contribution < -0.4 is 0 Å². The largest absolute Gasteiger partial charge is 0.332 e. The molecule has 3 aromatic carbocycles. The van der Waals surface area contributed by atoms with E-state index < -0.39 is 16.7 Å². The lowest BCUT2D eigenvalue weighted by Crippen LogP contribution is -2.18. The Morgan fingerprint density at radius 1 is 0.935 bits per heavy atom. The highest BCUT2D eigenvalue weighted by Gasteiger charge is 2.23. The Kier molecular flexibility index (Phi) is 6.94.